The molecule has 132 valence electrons. The van der Waals surface area contributed by atoms with E-state index in [9.17, 15) is 4.79 Å². The van der Waals surface area contributed by atoms with Crippen LogP contribution in [-0.2, 0) is 14.3 Å². The molecule has 1 aliphatic carbocycles. The van der Waals surface area contributed by atoms with E-state index in [4.69, 9.17) is 9.47 Å². The topological polar surface area (TPSA) is 35.5 Å². The second kappa shape index (κ2) is 7.48. The molecule has 1 saturated carbocycles. The third kappa shape index (κ3) is 4.24. The van der Waals surface area contributed by atoms with E-state index in [1.807, 2.05) is 6.08 Å². The molecule has 0 bridgehead atoms. The normalized spacial score (nSPS) is 32.2. The molecule has 0 unspecified atom stereocenters. The molecule has 2 rings (SSSR count). The Balaban J connectivity index is 2.07. The monoisotopic (exact) mass is 322 g/mol. The van der Waals surface area contributed by atoms with E-state index < -0.39 is 0 Å². The third-order valence-corrected chi connectivity index (χ3v) is 5.64. The molecule has 23 heavy (non-hydrogen) atoms. The van der Waals surface area contributed by atoms with Crippen molar-refractivity contribution in [1.29, 1.82) is 0 Å². The van der Waals surface area contributed by atoms with Crippen molar-refractivity contribution < 1.29 is 14.3 Å². The highest BCUT2D eigenvalue weighted by atomic mass is 16.7. The Bertz CT molecular complexity index is 417. The Morgan fingerprint density at radius 3 is 2.52 bits per heavy atom. The van der Waals surface area contributed by atoms with E-state index in [-0.39, 0.29) is 17.1 Å². The zero-order chi connectivity index (χ0) is 17.1. The van der Waals surface area contributed by atoms with Gasteiger partial charge < -0.3 is 9.47 Å². The number of hydrogen-bond acceptors (Lipinski definition) is 3. The van der Waals surface area contributed by atoms with Crippen LogP contribution in [0.2, 0.25) is 0 Å². The molecule has 3 heteroatoms. The summed E-state index contributed by atoms with van der Waals surface area (Å²) in [5.41, 5.74) is -0.162. The highest BCUT2D eigenvalue weighted by Gasteiger charge is 2.47. The van der Waals surface area contributed by atoms with Gasteiger partial charge in [-0.25, -0.2) is 0 Å². The fourth-order valence-corrected chi connectivity index (χ4v) is 4.40. The lowest BCUT2D eigenvalue weighted by Crippen LogP contribution is -2.45. The van der Waals surface area contributed by atoms with Crippen LogP contribution in [0.25, 0.3) is 0 Å². The summed E-state index contributed by atoms with van der Waals surface area (Å²) in [6.07, 6.45) is 7.12. The summed E-state index contributed by atoms with van der Waals surface area (Å²) in [6, 6.07) is 0. The van der Waals surface area contributed by atoms with E-state index >= 15 is 0 Å². The largest absolute Gasteiger partial charge is 0.352 e. The predicted molar refractivity (Wildman–Crippen MR) is 93.1 cm³/mol. The second-order valence-electron chi connectivity index (χ2n) is 8.57. The number of rotatable bonds is 6. The maximum atomic E-state index is 12.9. The lowest BCUT2D eigenvalue weighted by Gasteiger charge is -2.45. The van der Waals surface area contributed by atoms with Gasteiger partial charge in [0.25, 0.3) is 0 Å². The van der Waals surface area contributed by atoms with Crippen LogP contribution in [-0.4, -0.2) is 25.3 Å². The lowest BCUT2D eigenvalue weighted by atomic mass is 9.58. The van der Waals surface area contributed by atoms with E-state index in [2.05, 4.69) is 34.3 Å². The maximum absolute atomic E-state index is 12.9. The minimum absolute atomic E-state index is 0.0937. The average molecular weight is 322 g/mol. The molecule has 1 heterocycles. The molecular weight excluding hydrogens is 288 g/mol. The Kier molecular flexibility index (Phi) is 6.07. The van der Waals surface area contributed by atoms with Crippen molar-refractivity contribution in [3.63, 3.8) is 0 Å². The summed E-state index contributed by atoms with van der Waals surface area (Å²) in [7, 11) is 0. The molecule has 0 aromatic heterocycles. The Morgan fingerprint density at radius 2 is 1.96 bits per heavy atom. The Morgan fingerprint density at radius 1 is 1.30 bits per heavy atom. The molecule has 3 nitrogen and oxygen atoms in total. The maximum Gasteiger partial charge on any atom is 0.157 e. The van der Waals surface area contributed by atoms with Crippen molar-refractivity contribution in [2.75, 3.05) is 13.2 Å². The van der Waals surface area contributed by atoms with Gasteiger partial charge in [-0.2, -0.15) is 0 Å². The number of carbonyl (C=O) groups is 1. The third-order valence-electron chi connectivity index (χ3n) is 5.64. The molecule has 1 aliphatic heterocycles. The van der Waals surface area contributed by atoms with Crippen molar-refractivity contribution in [3.05, 3.63) is 12.7 Å². The fourth-order valence-electron chi connectivity index (χ4n) is 4.40. The molecule has 2 fully saturated rings. The molecule has 0 spiro atoms. The number of allylic oxidation sites excluding steroid dienone is 1. The predicted octanol–water partition coefficient (Wildman–Crippen LogP) is 4.75. The molecule has 2 atom stereocenters. The summed E-state index contributed by atoms with van der Waals surface area (Å²) in [5.74, 6) is 1.39. The Hall–Kier alpha value is -0.670. The van der Waals surface area contributed by atoms with Crippen LogP contribution in [0.1, 0.15) is 66.2 Å². The first kappa shape index (κ1) is 18.7. The van der Waals surface area contributed by atoms with E-state index in [1.165, 1.54) is 0 Å². The van der Waals surface area contributed by atoms with Crippen LogP contribution < -0.4 is 0 Å². The first-order valence-electron chi connectivity index (χ1n) is 9.18. The number of Topliss-reactive ketones (excluding diaryl/α,β-unsaturated/α-hetero) is 1. The number of carbonyl (C=O) groups excluding carboxylic acids is 1. The zero-order valence-corrected chi connectivity index (χ0v) is 15.4. The van der Waals surface area contributed by atoms with Crippen LogP contribution in [0.5, 0.6) is 0 Å². The van der Waals surface area contributed by atoms with E-state index in [1.54, 1.807) is 0 Å². The number of ether oxygens (including phenoxy) is 2. The summed E-state index contributed by atoms with van der Waals surface area (Å²) in [5, 5.41) is 0. The van der Waals surface area contributed by atoms with Gasteiger partial charge in [-0.15, -0.1) is 6.58 Å². The van der Waals surface area contributed by atoms with Crippen molar-refractivity contribution >= 4 is 5.78 Å². The van der Waals surface area contributed by atoms with Crippen LogP contribution in [0.15, 0.2) is 12.7 Å². The SMILES string of the molecule is C=CC[C@]1(CCC2OCC(C)(C)CO2)C(=O)CCC[C@@H]1C(C)C. The molecule has 2 aliphatic rings. The fraction of sp³-hybridized carbons (Fsp3) is 0.850. The van der Waals surface area contributed by atoms with Gasteiger partial charge in [0.05, 0.1) is 13.2 Å². The highest BCUT2D eigenvalue weighted by Crippen LogP contribution is 2.49. The first-order valence-corrected chi connectivity index (χ1v) is 9.18. The van der Waals surface area contributed by atoms with E-state index in [0.717, 1.165) is 51.7 Å². The van der Waals surface area contributed by atoms with Crippen LogP contribution in [0.3, 0.4) is 0 Å². The van der Waals surface area contributed by atoms with Gasteiger partial charge in [-0.3, -0.25) is 4.79 Å². The van der Waals surface area contributed by atoms with Gasteiger partial charge in [0.1, 0.15) is 5.78 Å². The minimum atomic E-state index is -0.256. The standard InChI is InChI=1S/C20H34O3/c1-6-11-20(16(15(2)3)8-7-9-17(20)21)12-10-18-22-13-19(4,5)14-23-18/h6,15-16,18H,1,7-14H2,2-5H3/t16-,20-/m1/s1. The van der Waals surface area contributed by atoms with Crippen molar-refractivity contribution in [1.82, 2.24) is 0 Å². The van der Waals surface area contributed by atoms with Crippen molar-refractivity contribution in [3.8, 4) is 0 Å². The molecular formula is C20H34O3. The smallest absolute Gasteiger partial charge is 0.157 e. The van der Waals surface area contributed by atoms with E-state index in [0.29, 0.717) is 17.6 Å². The summed E-state index contributed by atoms with van der Waals surface area (Å²) < 4.78 is 11.8. The molecule has 0 amide bonds. The summed E-state index contributed by atoms with van der Waals surface area (Å²) in [4.78, 5) is 12.9. The number of ketones is 1. The van der Waals surface area contributed by atoms with Gasteiger partial charge in [0, 0.05) is 17.3 Å². The quantitative estimate of drug-likeness (QED) is 0.662. The van der Waals surface area contributed by atoms with Gasteiger partial charge >= 0.3 is 0 Å². The number of hydrogen-bond donors (Lipinski definition) is 0. The zero-order valence-electron chi connectivity index (χ0n) is 15.4. The Labute approximate surface area is 141 Å². The lowest BCUT2D eigenvalue weighted by molar-refractivity contribution is -0.226. The molecule has 0 aromatic carbocycles. The van der Waals surface area contributed by atoms with Crippen LogP contribution in [0, 0.1) is 22.7 Å². The highest BCUT2D eigenvalue weighted by molar-refractivity contribution is 5.86. The van der Waals surface area contributed by atoms with Crippen molar-refractivity contribution in [2.24, 2.45) is 22.7 Å². The second-order valence-corrected chi connectivity index (χ2v) is 8.57. The molecule has 0 aromatic rings. The molecule has 0 N–H and O–H groups in total. The van der Waals surface area contributed by atoms with Gasteiger partial charge in [-0.1, -0.05) is 33.8 Å². The van der Waals surface area contributed by atoms with Crippen LogP contribution in [0.4, 0.5) is 0 Å². The molecule has 0 radical (unpaired) electrons. The van der Waals surface area contributed by atoms with Gasteiger partial charge in [0.2, 0.25) is 0 Å². The van der Waals surface area contributed by atoms with Gasteiger partial charge in [-0.05, 0) is 43.9 Å². The van der Waals surface area contributed by atoms with Gasteiger partial charge in [0.15, 0.2) is 6.29 Å². The summed E-state index contributed by atoms with van der Waals surface area (Å²) >= 11 is 0. The minimum Gasteiger partial charge on any atom is -0.352 e. The average Bonchev–Trinajstić information content (AvgIpc) is 2.48. The molecule has 1 saturated heterocycles. The van der Waals surface area contributed by atoms with Crippen LogP contribution >= 0.6 is 0 Å². The first-order chi connectivity index (χ1) is 10.8. The van der Waals surface area contributed by atoms with Crippen molar-refractivity contribution in [2.45, 2.75) is 72.5 Å². The summed E-state index contributed by atoms with van der Waals surface area (Å²) in [6.45, 7) is 14.2.